The fourth-order valence-electron chi connectivity index (χ4n) is 1.50. The van der Waals surface area contributed by atoms with Gasteiger partial charge >= 0.3 is 0 Å². The fourth-order valence-corrected chi connectivity index (χ4v) is 2.33. The molecule has 0 fully saturated rings. The van der Waals surface area contributed by atoms with Crippen molar-refractivity contribution >= 4 is 17.7 Å². The van der Waals surface area contributed by atoms with Crippen LogP contribution in [0.2, 0.25) is 0 Å². The zero-order valence-electron chi connectivity index (χ0n) is 11.9. The molecule has 1 atom stereocenters. The number of nitriles is 1. The first-order chi connectivity index (χ1) is 8.81. The second kappa shape index (κ2) is 6.63. The van der Waals surface area contributed by atoms with E-state index in [0.717, 1.165) is 11.3 Å². The van der Waals surface area contributed by atoms with E-state index in [1.54, 1.807) is 17.8 Å². The molecule has 0 saturated heterocycles. The van der Waals surface area contributed by atoms with Crippen LogP contribution in [0.25, 0.3) is 0 Å². The van der Waals surface area contributed by atoms with Gasteiger partial charge in [-0.05, 0) is 45.4 Å². The van der Waals surface area contributed by atoms with Gasteiger partial charge in [0.05, 0.1) is 16.9 Å². The number of hydrogen-bond acceptors (Lipinski definition) is 3. The molecule has 0 unspecified atom stereocenters. The van der Waals surface area contributed by atoms with Crippen LogP contribution in [-0.4, -0.2) is 16.7 Å². The Kier molecular flexibility index (Phi) is 5.44. The molecule has 0 heterocycles. The van der Waals surface area contributed by atoms with Crippen molar-refractivity contribution in [2.45, 2.75) is 44.2 Å². The number of hydrogen-bond donors (Lipinski definition) is 1. The van der Waals surface area contributed by atoms with Crippen LogP contribution < -0.4 is 5.32 Å². The Hall–Kier alpha value is -1.47. The van der Waals surface area contributed by atoms with Crippen LogP contribution in [0.4, 0.5) is 0 Å². The lowest BCUT2D eigenvalue weighted by Crippen LogP contribution is -2.44. The van der Waals surface area contributed by atoms with Crippen molar-refractivity contribution in [3.8, 4) is 6.07 Å². The Morgan fingerprint density at radius 3 is 2.74 bits per heavy atom. The summed E-state index contributed by atoms with van der Waals surface area (Å²) in [6.45, 7) is 7.82. The summed E-state index contributed by atoms with van der Waals surface area (Å²) in [6, 6.07) is 9.61. The lowest BCUT2D eigenvalue weighted by Gasteiger charge is -2.23. The standard InChI is InChI=1S/C15H20N2OS/c1-11(14(18)17-15(2,3)4)19-10-13-7-5-6-12(8-13)9-16/h5-8,11H,10H2,1-4H3,(H,17,18)/t11-/m1/s1. The van der Waals surface area contributed by atoms with Crippen LogP contribution in [0.1, 0.15) is 38.8 Å². The topological polar surface area (TPSA) is 52.9 Å². The summed E-state index contributed by atoms with van der Waals surface area (Å²) in [7, 11) is 0. The maximum atomic E-state index is 11.9. The van der Waals surface area contributed by atoms with Gasteiger partial charge in [-0.2, -0.15) is 5.26 Å². The Labute approximate surface area is 119 Å². The quantitative estimate of drug-likeness (QED) is 0.919. The van der Waals surface area contributed by atoms with E-state index in [1.807, 2.05) is 45.9 Å². The van der Waals surface area contributed by atoms with E-state index in [0.29, 0.717) is 5.56 Å². The van der Waals surface area contributed by atoms with E-state index in [-0.39, 0.29) is 16.7 Å². The van der Waals surface area contributed by atoms with E-state index < -0.39 is 0 Å². The highest BCUT2D eigenvalue weighted by molar-refractivity contribution is 7.99. The van der Waals surface area contributed by atoms with Crippen LogP contribution in [0.3, 0.4) is 0 Å². The highest BCUT2D eigenvalue weighted by Gasteiger charge is 2.19. The summed E-state index contributed by atoms with van der Waals surface area (Å²) in [6.07, 6.45) is 0. The molecule has 0 aliphatic heterocycles. The SMILES string of the molecule is C[C@@H](SCc1cccc(C#N)c1)C(=O)NC(C)(C)C. The summed E-state index contributed by atoms with van der Waals surface area (Å²) in [5.41, 5.74) is 1.52. The first-order valence-electron chi connectivity index (χ1n) is 6.24. The van der Waals surface area contributed by atoms with Crippen LogP contribution in [0.15, 0.2) is 24.3 Å². The minimum atomic E-state index is -0.202. The zero-order valence-corrected chi connectivity index (χ0v) is 12.7. The van der Waals surface area contributed by atoms with Gasteiger partial charge in [0.25, 0.3) is 0 Å². The summed E-state index contributed by atoms with van der Waals surface area (Å²) in [4.78, 5) is 11.9. The van der Waals surface area contributed by atoms with Crippen molar-refractivity contribution < 1.29 is 4.79 Å². The minimum Gasteiger partial charge on any atom is -0.351 e. The molecule has 102 valence electrons. The summed E-state index contributed by atoms with van der Waals surface area (Å²) in [5.74, 6) is 0.780. The molecule has 0 aliphatic rings. The normalized spacial score (nSPS) is 12.6. The minimum absolute atomic E-state index is 0.0499. The van der Waals surface area contributed by atoms with Crippen LogP contribution in [-0.2, 0) is 10.5 Å². The molecule has 1 rings (SSSR count). The van der Waals surface area contributed by atoms with Gasteiger partial charge in [0.15, 0.2) is 0 Å². The Bertz CT molecular complexity index is 486. The average molecular weight is 276 g/mol. The molecular formula is C15H20N2OS. The molecule has 0 aromatic heterocycles. The molecule has 1 aromatic rings. The summed E-state index contributed by atoms with van der Waals surface area (Å²) in [5, 5.41) is 11.7. The van der Waals surface area contributed by atoms with E-state index >= 15 is 0 Å². The van der Waals surface area contributed by atoms with Crippen LogP contribution >= 0.6 is 11.8 Å². The van der Waals surface area contributed by atoms with Crippen LogP contribution in [0.5, 0.6) is 0 Å². The molecule has 19 heavy (non-hydrogen) atoms. The van der Waals surface area contributed by atoms with Crippen molar-refractivity contribution in [1.82, 2.24) is 5.32 Å². The predicted molar refractivity (Wildman–Crippen MR) is 79.8 cm³/mol. The molecule has 0 spiro atoms. The third kappa shape index (κ3) is 5.80. The molecule has 0 saturated carbocycles. The van der Waals surface area contributed by atoms with Gasteiger partial charge in [0.1, 0.15) is 0 Å². The second-order valence-corrected chi connectivity index (χ2v) is 6.83. The number of amides is 1. The van der Waals surface area contributed by atoms with Gasteiger partial charge in [0, 0.05) is 11.3 Å². The number of rotatable bonds is 4. The van der Waals surface area contributed by atoms with Crippen molar-refractivity contribution in [2.24, 2.45) is 0 Å². The maximum absolute atomic E-state index is 11.9. The Balaban J connectivity index is 2.52. The van der Waals surface area contributed by atoms with E-state index in [2.05, 4.69) is 11.4 Å². The molecule has 1 N–H and O–H groups in total. The van der Waals surface area contributed by atoms with Crippen molar-refractivity contribution in [1.29, 1.82) is 5.26 Å². The second-order valence-electron chi connectivity index (χ2n) is 5.50. The number of carbonyl (C=O) groups is 1. The number of nitrogens with one attached hydrogen (secondary N) is 1. The monoisotopic (exact) mass is 276 g/mol. The van der Waals surface area contributed by atoms with Gasteiger partial charge in [-0.1, -0.05) is 12.1 Å². The molecular weight excluding hydrogens is 256 g/mol. The molecule has 0 aliphatic carbocycles. The summed E-state index contributed by atoms with van der Waals surface area (Å²) >= 11 is 1.58. The number of carbonyl (C=O) groups excluding carboxylic acids is 1. The molecule has 0 radical (unpaired) electrons. The van der Waals surface area contributed by atoms with Gasteiger partial charge in [-0.15, -0.1) is 11.8 Å². The number of thioether (sulfide) groups is 1. The van der Waals surface area contributed by atoms with Crippen LogP contribution in [0, 0.1) is 11.3 Å². The molecule has 3 nitrogen and oxygen atoms in total. The molecule has 1 amide bonds. The zero-order chi connectivity index (χ0) is 14.5. The number of nitrogens with zero attached hydrogens (tertiary/aromatic N) is 1. The van der Waals surface area contributed by atoms with Crippen molar-refractivity contribution in [2.75, 3.05) is 0 Å². The van der Waals surface area contributed by atoms with Gasteiger partial charge < -0.3 is 5.32 Å². The highest BCUT2D eigenvalue weighted by Crippen LogP contribution is 2.19. The average Bonchev–Trinajstić information content (AvgIpc) is 2.34. The maximum Gasteiger partial charge on any atom is 0.233 e. The van der Waals surface area contributed by atoms with E-state index in [9.17, 15) is 4.79 Å². The first-order valence-corrected chi connectivity index (χ1v) is 7.29. The smallest absolute Gasteiger partial charge is 0.233 e. The number of benzene rings is 1. The van der Waals surface area contributed by atoms with Gasteiger partial charge in [-0.3, -0.25) is 4.79 Å². The lowest BCUT2D eigenvalue weighted by molar-refractivity contribution is -0.121. The van der Waals surface area contributed by atoms with Gasteiger partial charge in [0.2, 0.25) is 5.91 Å². The van der Waals surface area contributed by atoms with Gasteiger partial charge in [-0.25, -0.2) is 0 Å². The van der Waals surface area contributed by atoms with E-state index in [1.165, 1.54) is 0 Å². The Morgan fingerprint density at radius 1 is 1.47 bits per heavy atom. The molecule has 4 heteroatoms. The van der Waals surface area contributed by atoms with E-state index in [4.69, 9.17) is 5.26 Å². The third-order valence-corrected chi connectivity index (χ3v) is 3.64. The predicted octanol–water partition coefficient (Wildman–Crippen LogP) is 3.09. The summed E-state index contributed by atoms with van der Waals surface area (Å²) < 4.78 is 0. The highest BCUT2D eigenvalue weighted by atomic mass is 32.2. The Morgan fingerprint density at radius 2 is 2.16 bits per heavy atom. The third-order valence-electron chi connectivity index (χ3n) is 2.42. The van der Waals surface area contributed by atoms with Crippen molar-refractivity contribution in [3.05, 3.63) is 35.4 Å². The van der Waals surface area contributed by atoms with Crippen molar-refractivity contribution in [3.63, 3.8) is 0 Å². The fraction of sp³-hybridized carbons (Fsp3) is 0.467. The largest absolute Gasteiger partial charge is 0.351 e. The lowest BCUT2D eigenvalue weighted by atomic mass is 10.1. The molecule has 1 aromatic carbocycles. The molecule has 0 bridgehead atoms. The first kappa shape index (κ1) is 15.6.